The van der Waals surface area contributed by atoms with Crippen LogP contribution in [0.5, 0.6) is 0 Å². The van der Waals surface area contributed by atoms with Crippen LogP contribution >= 0.6 is 11.3 Å². The van der Waals surface area contributed by atoms with Gasteiger partial charge >= 0.3 is 6.03 Å². The van der Waals surface area contributed by atoms with Crippen molar-refractivity contribution in [3.8, 4) is 11.1 Å². The molecule has 3 amide bonds. The highest BCUT2D eigenvalue weighted by Crippen LogP contribution is 2.50. The highest BCUT2D eigenvalue weighted by atomic mass is 32.1. The molecule has 3 aromatic rings. The molecule has 168 valence electrons. The summed E-state index contributed by atoms with van der Waals surface area (Å²) in [6.45, 7) is 9.53. The lowest BCUT2D eigenvalue weighted by molar-refractivity contribution is 0.0651. The lowest BCUT2D eigenvalue weighted by Crippen LogP contribution is -2.52. The number of fused-ring (bicyclic) bond motifs is 1. The Hall–Kier alpha value is -3.44. The van der Waals surface area contributed by atoms with Gasteiger partial charge in [-0.15, -0.1) is 11.3 Å². The van der Waals surface area contributed by atoms with E-state index in [4.69, 9.17) is 6.57 Å². The summed E-state index contributed by atoms with van der Waals surface area (Å²) < 4.78 is 0.987. The number of hydrogen-bond acceptors (Lipinski definition) is 4. The summed E-state index contributed by atoms with van der Waals surface area (Å²) in [6, 6.07) is 10.0. The minimum atomic E-state index is -0.350. The maximum atomic E-state index is 13.6. The van der Waals surface area contributed by atoms with Gasteiger partial charge in [-0.2, -0.15) is 0 Å². The number of rotatable bonds is 3. The summed E-state index contributed by atoms with van der Waals surface area (Å²) in [5.41, 5.74) is 4.00. The zero-order valence-corrected chi connectivity index (χ0v) is 19.6. The highest BCUT2D eigenvalue weighted by molar-refractivity contribution is 7.17. The third-order valence-corrected chi connectivity index (χ3v) is 7.49. The number of pyridine rings is 1. The van der Waals surface area contributed by atoms with E-state index in [9.17, 15) is 9.59 Å². The van der Waals surface area contributed by atoms with Crippen molar-refractivity contribution < 1.29 is 9.59 Å². The Kier molecular flexibility index (Phi) is 5.29. The van der Waals surface area contributed by atoms with Crippen molar-refractivity contribution in [3.63, 3.8) is 0 Å². The third-order valence-electron chi connectivity index (χ3n) is 6.57. The Labute approximate surface area is 197 Å². The first-order valence-corrected chi connectivity index (χ1v) is 11.9. The second-order valence-corrected chi connectivity index (χ2v) is 9.77. The predicted molar refractivity (Wildman–Crippen MR) is 129 cm³/mol. The van der Waals surface area contributed by atoms with Gasteiger partial charge in [-0.1, -0.05) is 24.3 Å². The Morgan fingerprint density at radius 3 is 2.33 bits per heavy atom. The molecule has 0 N–H and O–H groups in total. The number of amides is 3. The van der Waals surface area contributed by atoms with E-state index in [0.717, 1.165) is 39.7 Å². The molecule has 0 spiro atoms. The Balaban J connectivity index is 1.46. The number of carbonyl (C=O) groups excluding carboxylic acids is 2. The fourth-order valence-corrected chi connectivity index (χ4v) is 5.37. The van der Waals surface area contributed by atoms with Crippen molar-refractivity contribution in [1.29, 1.82) is 0 Å². The first kappa shape index (κ1) is 21.4. The van der Waals surface area contributed by atoms with E-state index in [0.29, 0.717) is 31.7 Å². The number of nitrogens with zero attached hydrogens (tertiary/aromatic N) is 5. The summed E-state index contributed by atoms with van der Waals surface area (Å²) >= 11 is 1.58. The summed E-state index contributed by atoms with van der Waals surface area (Å²) in [5, 5.41) is 1.99. The minimum Gasteiger partial charge on any atom is -0.335 e. The zero-order valence-electron chi connectivity index (χ0n) is 18.7. The molecule has 2 fully saturated rings. The van der Waals surface area contributed by atoms with E-state index in [1.165, 1.54) is 0 Å². The van der Waals surface area contributed by atoms with Crippen LogP contribution in [0.4, 0.5) is 4.79 Å². The van der Waals surface area contributed by atoms with Crippen LogP contribution in [-0.4, -0.2) is 71.9 Å². The average Bonchev–Trinajstić information content (AvgIpc) is 3.51. The van der Waals surface area contributed by atoms with Crippen molar-refractivity contribution in [1.82, 2.24) is 19.7 Å². The SMILES string of the molecule is [C-]#[N+]C1(c2ccc(-c3c(C(=O)N4CCN(C(=O)N(C)C)CC4)cnc4ccsc34)cc2)CC1. The normalized spacial score (nSPS) is 17.0. The van der Waals surface area contributed by atoms with Gasteiger partial charge in [0, 0.05) is 70.4 Å². The quantitative estimate of drug-likeness (QED) is 0.549. The van der Waals surface area contributed by atoms with Crippen LogP contribution in [0.3, 0.4) is 0 Å². The summed E-state index contributed by atoms with van der Waals surface area (Å²) in [5.74, 6) is -0.0614. The van der Waals surface area contributed by atoms with Gasteiger partial charge in [0.15, 0.2) is 0 Å². The minimum absolute atomic E-state index is 0.0302. The van der Waals surface area contributed by atoms with Crippen LogP contribution in [0.1, 0.15) is 28.8 Å². The summed E-state index contributed by atoms with van der Waals surface area (Å²) in [4.78, 5) is 39.4. The zero-order chi connectivity index (χ0) is 23.2. The van der Waals surface area contributed by atoms with Gasteiger partial charge < -0.3 is 19.5 Å². The number of benzene rings is 1. The Bertz CT molecular complexity index is 1260. The third kappa shape index (κ3) is 3.72. The molecule has 1 aliphatic heterocycles. The number of carbonyl (C=O) groups is 2. The molecule has 33 heavy (non-hydrogen) atoms. The molecule has 3 heterocycles. The highest BCUT2D eigenvalue weighted by Gasteiger charge is 2.52. The molecule has 2 aromatic heterocycles. The summed E-state index contributed by atoms with van der Waals surface area (Å²) in [6.07, 6.45) is 3.50. The van der Waals surface area contributed by atoms with Gasteiger partial charge in [0.1, 0.15) is 0 Å². The molecule has 1 aliphatic carbocycles. The van der Waals surface area contributed by atoms with E-state index in [1.54, 1.807) is 41.4 Å². The second kappa shape index (κ2) is 8.16. The maximum absolute atomic E-state index is 13.6. The number of hydrogen-bond donors (Lipinski definition) is 0. The average molecular weight is 460 g/mol. The fraction of sp³-hybridized carbons (Fsp3) is 0.360. The first-order chi connectivity index (χ1) is 15.9. The van der Waals surface area contributed by atoms with E-state index < -0.39 is 0 Å². The van der Waals surface area contributed by atoms with Crippen LogP contribution < -0.4 is 0 Å². The summed E-state index contributed by atoms with van der Waals surface area (Å²) in [7, 11) is 3.48. The molecule has 8 heteroatoms. The molecular formula is C25H25N5O2S. The number of aromatic nitrogens is 1. The standard InChI is InChI=1S/C25H25N5O2S/c1-26-25(9-10-25)18-6-4-17(5-7-18)21-19(16-27-20-8-15-33-22(20)21)23(31)29-11-13-30(14-12-29)24(32)28(2)3/h4-8,15-16H,9-14H2,2-3H3. The predicted octanol–water partition coefficient (Wildman–Crippen LogP) is 4.31. The van der Waals surface area contributed by atoms with Crippen molar-refractivity contribution >= 4 is 33.5 Å². The Morgan fingerprint density at radius 2 is 1.73 bits per heavy atom. The van der Waals surface area contributed by atoms with Gasteiger partial charge in [-0.05, 0) is 17.0 Å². The first-order valence-electron chi connectivity index (χ1n) is 11.0. The van der Waals surface area contributed by atoms with Gasteiger partial charge in [-0.25, -0.2) is 11.4 Å². The molecule has 5 rings (SSSR count). The van der Waals surface area contributed by atoms with Crippen LogP contribution in [0, 0.1) is 6.57 Å². The van der Waals surface area contributed by atoms with Crippen LogP contribution in [0.15, 0.2) is 41.9 Å². The van der Waals surface area contributed by atoms with Crippen molar-refractivity contribution in [3.05, 3.63) is 64.5 Å². The molecule has 0 unspecified atom stereocenters. The van der Waals surface area contributed by atoms with Crippen LogP contribution in [0.25, 0.3) is 26.2 Å². The molecule has 0 atom stereocenters. The monoisotopic (exact) mass is 459 g/mol. The lowest BCUT2D eigenvalue weighted by Gasteiger charge is -2.36. The van der Waals surface area contributed by atoms with Crippen LogP contribution in [-0.2, 0) is 5.54 Å². The maximum Gasteiger partial charge on any atom is 0.319 e. The second-order valence-electron chi connectivity index (χ2n) is 8.86. The largest absolute Gasteiger partial charge is 0.335 e. The fourth-order valence-electron chi connectivity index (χ4n) is 4.45. The molecule has 2 aliphatic rings. The smallest absolute Gasteiger partial charge is 0.319 e. The van der Waals surface area contributed by atoms with Gasteiger partial charge in [0.05, 0.1) is 15.8 Å². The molecule has 1 saturated carbocycles. The number of piperazine rings is 1. The van der Waals surface area contributed by atoms with E-state index >= 15 is 0 Å². The van der Waals surface area contributed by atoms with Crippen molar-refractivity contribution in [2.75, 3.05) is 40.3 Å². The molecule has 0 bridgehead atoms. The molecule has 7 nitrogen and oxygen atoms in total. The van der Waals surface area contributed by atoms with E-state index in [1.807, 2.05) is 40.6 Å². The van der Waals surface area contributed by atoms with Gasteiger partial charge in [-0.3, -0.25) is 9.78 Å². The van der Waals surface area contributed by atoms with E-state index in [-0.39, 0.29) is 17.5 Å². The van der Waals surface area contributed by atoms with E-state index in [2.05, 4.69) is 9.83 Å². The van der Waals surface area contributed by atoms with Crippen molar-refractivity contribution in [2.45, 2.75) is 18.4 Å². The molecule has 1 aromatic carbocycles. The molecule has 1 saturated heterocycles. The van der Waals surface area contributed by atoms with Crippen molar-refractivity contribution in [2.24, 2.45) is 0 Å². The molecular weight excluding hydrogens is 434 g/mol. The van der Waals surface area contributed by atoms with Gasteiger partial charge in [0.2, 0.25) is 0 Å². The Morgan fingerprint density at radius 1 is 1.06 bits per heavy atom. The lowest BCUT2D eigenvalue weighted by atomic mass is 9.96. The molecule has 0 radical (unpaired) electrons. The topological polar surface area (TPSA) is 61.1 Å². The van der Waals surface area contributed by atoms with Crippen LogP contribution in [0.2, 0.25) is 0 Å². The number of thiophene rings is 1. The van der Waals surface area contributed by atoms with Gasteiger partial charge in [0.25, 0.3) is 11.4 Å². The number of urea groups is 1.